The van der Waals surface area contributed by atoms with E-state index in [0.29, 0.717) is 12.5 Å². The molecule has 3 N–H and O–H groups in total. The van der Waals surface area contributed by atoms with Crippen LogP contribution in [0, 0.1) is 5.92 Å². The molecule has 0 radical (unpaired) electrons. The molecule has 0 aliphatic rings. The van der Waals surface area contributed by atoms with E-state index in [0.717, 1.165) is 12.8 Å². The second-order valence-electron chi connectivity index (χ2n) is 4.57. The van der Waals surface area contributed by atoms with E-state index in [2.05, 4.69) is 4.72 Å². The van der Waals surface area contributed by atoms with Gasteiger partial charge in [-0.25, -0.2) is 13.1 Å². The summed E-state index contributed by atoms with van der Waals surface area (Å²) in [4.78, 5) is 11.2. The van der Waals surface area contributed by atoms with Crippen molar-refractivity contribution in [2.24, 2.45) is 18.7 Å². The molecule has 1 amide bonds. The average Bonchev–Trinajstić information content (AvgIpc) is 2.73. The first-order valence-corrected chi connectivity index (χ1v) is 7.76. The molecule has 108 valence electrons. The van der Waals surface area contributed by atoms with Crippen LogP contribution < -0.4 is 10.5 Å². The van der Waals surface area contributed by atoms with Crippen molar-refractivity contribution >= 4 is 15.9 Å². The number of carbonyl (C=O) groups excluding carboxylic acids is 1. The molecule has 1 aromatic heterocycles. The maximum absolute atomic E-state index is 12.1. The molecule has 0 atom stereocenters. The zero-order valence-electron chi connectivity index (χ0n) is 11.5. The summed E-state index contributed by atoms with van der Waals surface area (Å²) >= 11 is 0. The lowest BCUT2D eigenvalue weighted by molar-refractivity contribution is 0.0992. The lowest BCUT2D eigenvalue weighted by Crippen LogP contribution is -2.28. The number of amides is 1. The second kappa shape index (κ2) is 6.21. The largest absolute Gasteiger partial charge is 0.364 e. The number of nitrogens with zero attached hydrogens (tertiary/aromatic N) is 1. The number of hydrogen-bond acceptors (Lipinski definition) is 3. The number of nitrogens with two attached hydrogens (primary N) is 1. The van der Waals surface area contributed by atoms with Crippen molar-refractivity contribution in [1.29, 1.82) is 0 Å². The third-order valence-corrected chi connectivity index (χ3v) is 4.65. The van der Waals surface area contributed by atoms with Crippen LogP contribution >= 0.6 is 0 Å². The molecule has 0 saturated carbocycles. The maximum atomic E-state index is 12.1. The summed E-state index contributed by atoms with van der Waals surface area (Å²) in [5, 5.41) is 0. The Labute approximate surface area is 114 Å². The number of sulfonamides is 1. The summed E-state index contributed by atoms with van der Waals surface area (Å²) in [6, 6.07) is 1.29. The average molecular weight is 287 g/mol. The van der Waals surface area contributed by atoms with Gasteiger partial charge in [-0.1, -0.05) is 26.7 Å². The Balaban J connectivity index is 2.89. The van der Waals surface area contributed by atoms with Gasteiger partial charge in [0.1, 0.15) is 10.6 Å². The summed E-state index contributed by atoms with van der Waals surface area (Å²) in [7, 11) is -2.01. The highest BCUT2D eigenvalue weighted by molar-refractivity contribution is 7.89. The molecule has 6 nitrogen and oxygen atoms in total. The van der Waals surface area contributed by atoms with Crippen molar-refractivity contribution in [2.45, 2.75) is 31.6 Å². The number of rotatable bonds is 7. The van der Waals surface area contributed by atoms with Crippen molar-refractivity contribution in [2.75, 3.05) is 6.54 Å². The van der Waals surface area contributed by atoms with E-state index < -0.39 is 15.9 Å². The van der Waals surface area contributed by atoms with Gasteiger partial charge in [0.25, 0.3) is 5.91 Å². The summed E-state index contributed by atoms with van der Waals surface area (Å²) in [6.45, 7) is 4.45. The van der Waals surface area contributed by atoms with Crippen LogP contribution in [0.1, 0.15) is 37.2 Å². The van der Waals surface area contributed by atoms with Gasteiger partial charge in [0, 0.05) is 19.8 Å². The van der Waals surface area contributed by atoms with Crippen LogP contribution in [0.4, 0.5) is 0 Å². The highest BCUT2D eigenvalue weighted by atomic mass is 32.2. The lowest BCUT2D eigenvalue weighted by atomic mass is 10.0. The topological polar surface area (TPSA) is 94.2 Å². The Morgan fingerprint density at radius 1 is 1.42 bits per heavy atom. The van der Waals surface area contributed by atoms with Gasteiger partial charge in [-0.2, -0.15) is 0 Å². The van der Waals surface area contributed by atoms with Crippen molar-refractivity contribution in [3.05, 3.63) is 18.0 Å². The molecule has 0 aliphatic heterocycles. The quantitative estimate of drug-likeness (QED) is 0.778. The minimum absolute atomic E-state index is 0.0646. The molecular formula is C12H21N3O3S. The molecule has 1 heterocycles. The Morgan fingerprint density at radius 2 is 2.00 bits per heavy atom. The number of carbonyl (C=O) groups is 1. The standard InChI is InChI=1S/C12H21N3O3S/c1-4-9(5-2)7-14-19(17,18)10-6-11(12(13)16)15(3)8-10/h6,8-9,14H,4-5,7H2,1-3H3,(H2,13,16). The van der Waals surface area contributed by atoms with E-state index in [9.17, 15) is 13.2 Å². The predicted octanol–water partition coefficient (Wildman–Crippen LogP) is 0.839. The van der Waals surface area contributed by atoms with Crippen molar-refractivity contribution < 1.29 is 13.2 Å². The molecule has 7 heteroatoms. The van der Waals surface area contributed by atoms with Gasteiger partial charge in [-0.15, -0.1) is 0 Å². The smallest absolute Gasteiger partial charge is 0.265 e. The van der Waals surface area contributed by atoms with Crippen LogP contribution in [0.2, 0.25) is 0 Å². The normalized spacial score (nSPS) is 12.0. The second-order valence-corrected chi connectivity index (χ2v) is 6.34. The van der Waals surface area contributed by atoms with Crippen molar-refractivity contribution in [3.8, 4) is 0 Å². The Bertz CT molecular complexity index is 545. The minimum atomic E-state index is -3.59. The molecule has 0 saturated heterocycles. The Kier molecular flexibility index (Phi) is 5.13. The zero-order valence-corrected chi connectivity index (χ0v) is 12.3. The molecule has 1 aromatic rings. The highest BCUT2D eigenvalue weighted by Gasteiger charge is 2.20. The fraction of sp³-hybridized carbons (Fsp3) is 0.583. The molecule has 0 unspecified atom stereocenters. The van der Waals surface area contributed by atoms with Gasteiger partial charge in [-0.3, -0.25) is 4.79 Å². The van der Waals surface area contributed by atoms with Crippen LogP contribution in [0.5, 0.6) is 0 Å². The fourth-order valence-electron chi connectivity index (χ4n) is 1.81. The predicted molar refractivity (Wildman–Crippen MR) is 73.2 cm³/mol. The summed E-state index contributed by atoms with van der Waals surface area (Å²) in [6.07, 6.45) is 3.22. The fourth-order valence-corrected chi connectivity index (χ4v) is 3.00. The van der Waals surface area contributed by atoms with Gasteiger partial charge in [-0.05, 0) is 12.0 Å². The van der Waals surface area contributed by atoms with Crippen LogP contribution in [0.3, 0.4) is 0 Å². The van der Waals surface area contributed by atoms with Gasteiger partial charge in [0.05, 0.1) is 0 Å². The zero-order chi connectivity index (χ0) is 14.6. The monoisotopic (exact) mass is 287 g/mol. The van der Waals surface area contributed by atoms with Crippen LogP contribution in [-0.4, -0.2) is 25.4 Å². The SMILES string of the molecule is CCC(CC)CNS(=O)(=O)c1cc(C(N)=O)n(C)c1. The van der Waals surface area contributed by atoms with E-state index in [-0.39, 0.29) is 10.6 Å². The van der Waals surface area contributed by atoms with E-state index in [1.54, 1.807) is 7.05 Å². The first-order chi connectivity index (χ1) is 8.81. The summed E-state index contributed by atoms with van der Waals surface area (Å²) < 4.78 is 28.1. The lowest BCUT2D eigenvalue weighted by Gasteiger charge is -2.12. The number of aromatic nitrogens is 1. The molecule has 0 aliphatic carbocycles. The summed E-state index contributed by atoms with van der Waals surface area (Å²) in [5.74, 6) is -0.335. The number of nitrogens with one attached hydrogen (secondary N) is 1. The molecule has 0 bridgehead atoms. The van der Waals surface area contributed by atoms with Gasteiger partial charge in [0.15, 0.2) is 0 Å². The summed E-state index contributed by atoms with van der Waals surface area (Å²) in [5.41, 5.74) is 5.33. The molecule has 0 aromatic carbocycles. The first kappa shape index (κ1) is 15.7. The molecular weight excluding hydrogens is 266 g/mol. The van der Waals surface area contributed by atoms with E-state index in [4.69, 9.17) is 5.73 Å². The Hall–Kier alpha value is -1.34. The van der Waals surface area contributed by atoms with Crippen molar-refractivity contribution in [1.82, 2.24) is 9.29 Å². The minimum Gasteiger partial charge on any atom is -0.364 e. The maximum Gasteiger partial charge on any atom is 0.265 e. The number of primary amides is 1. The highest BCUT2D eigenvalue weighted by Crippen LogP contribution is 2.14. The van der Waals surface area contributed by atoms with Crippen LogP contribution in [0.25, 0.3) is 0 Å². The van der Waals surface area contributed by atoms with Crippen molar-refractivity contribution in [3.63, 3.8) is 0 Å². The van der Waals surface area contributed by atoms with E-state index in [1.165, 1.54) is 16.8 Å². The third kappa shape index (κ3) is 3.81. The van der Waals surface area contributed by atoms with Gasteiger partial charge < -0.3 is 10.3 Å². The van der Waals surface area contributed by atoms with E-state index in [1.807, 2.05) is 13.8 Å². The number of aryl methyl sites for hydroxylation is 1. The van der Waals surface area contributed by atoms with Crippen LogP contribution in [0.15, 0.2) is 17.2 Å². The van der Waals surface area contributed by atoms with Crippen LogP contribution in [-0.2, 0) is 17.1 Å². The number of hydrogen-bond donors (Lipinski definition) is 2. The molecule has 0 spiro atoms. The molecule has 19 heavy (non-hydrogen) atoms. The molecule has 0 fully saturated rings. The third-order valence-electron chi connectivity index (χ3n) is 3.26. The van der Waals surface area contributed by atoms with E-state index >= 15 is 0 Å². The first-order valence-electron chi connectivity index (χ1n) is 6.27. The molecule has 1 rings (SSSR count). The Morgan fingerprint density at radius 3 is 2.42 bits per heavy atom. The van der Waals surface area contributed by atoms with Gasteiger partial charge in [0.2, 0.25) is 10.0 Å². The van der Waals surface area contributed by atoms with Gasteiger partial charge >= 0.3 is 0 Å².